The lowest BCUT2D eigenvalue weighted by Gasteiger charge is -2.33. The van der Waals surface area contributed by atoms with Crippen LogP contribution >= 0.6 is 11.6 Å². The molecule has 0 spiro atoms. The topological polar surface area (TPSA) is 25.4 Å². The highest BCUT2D eigenvalue weighted by molar-refractivity contribution is 6.30. The maximum atomic E-state index is 6.00. The van der Waals surface area contributed by atoms with Crippen LogP contribution in [-0.2, 0) is 13.0 Å². The van der Waals surface area contributed by atoms with E-state index in [4.69, 9.17) is 21.3 Å². The number of halogens is 1. The van der Waals surface area contributed by atoms with E-state index in [9.17, 15) is 0 Å². The van der Waals surface area contributed by atoms with Gasteiger partial charge in [-0.3, -0.25) is 9.88 Å². The average molecular weight is 449 g/mol. The molecule has 0 saturated carbocycles. The van der Waals surface area contributed by atoms with Crippen molar-refractivity contribution in [2.75, 3.05) is 20.2 Å². The Morgan fingerprint density at radius 3 is 2.47 bits per heavy atom. The van der Waals surface area contributed by atoms with E-state index < -0.39 is 0 Å². The highest BCUT2D eigenvalue weighted by Gasteiger charge is 2.24. The molecule has 1 aromatic heterocycles. The van der Waals surface area contributed by atoms with Gasteiger partial charge in [0.2, 0.25) is 0 Å². The Morgan fingerprint density at radius 2 is 1.78 bits per heavy atom. The number of benzene rings is 2. The van der Waals surface area contributed by atoms with Crippen LogP contribution in [0.5, 0.6) is 5.75 Å². The molecule has 168 valence electrons. The van der Waals surface area contributed by atoms with E-state index in [1.807, 2.05) is 18.3 Å². The fourth-order valence-electron chi connectivity index (χ4n) is 4.84. The normalized spacial score (nSPS) is 16.8. The second-order valence-electron chi connectivity index (χ2n) is 9.09. The summed E-state index contributed by atoms with van der Waals surface area (Å²) in [7, 11) is 1.75. The van der Waals surface area contributed by atoms with Crippen molar-refractivity contribution in [3.05, 3.63) is 92.8 Å². The summed E-state index contributed by atoms with van der Waals surface area (Å²) in [6, 6.07) is 14.7. The molecule has 2 heterocycles. The van der Waals surface area contributed by atoms with E-state index in [-0.39, 0.29) is 0 Å². The van der Waals surface area contributed by atoms with Gasteiger partial charge in [0.15, 0.2) is 0 Å². The molecule has 0 amide bonds. The fraction of sp³-hybridized carbons (Fsp3) is 0.393. The van der Waals surface area contributed by atoms with Crippen LogP contribution in [0.4, 0.5) is 0 Å². The van der Waals surface area contributed by atoms with Crippen molar-refractivity contribution >= 4 is 11.6 Å². The van der Waals surface area contributed by atoms with Gasteiger partial charge in [0, 0.05) is 35.9 Å². The molecule has 3 aromatic rings. The molecule has 1 aliphatic rings. The number of methoxy groups -OCH3 is 1. The number of aryl methyl sites for hydroxylation is 1. The van der Waals surface area contributed by atoms with Crippen LogP contribution < -0.4 is 4.74 Å². The second kappa shape index (κ2) is 10.1. The van der Waals surface area contributed by atoms with Gasteiger partial charge in [0.05, 0.1) is 7.11 Å². The molecular formula is C28H33ClN2O. The first-order valence-corrected chi connectivity index (χ1v) is 11.9. The Hall–Kier alpha value is -2.36. The number of rotatable bonds is 6. The van der Waals surface area contributed by atoms with Crippen molar-refractivity contribution in [2.45, 2.75) is 52.5 Å². The quantitative estimate of drug-likeness (QED) is 0.422. The lowest BCUT2D eigenvalue weighted by molar-refractivity contribution is 0.197. The van der Waals surface area contributed by atoms with E-state index in [0.29, 0.717) is 5.92 Å². The van der Waals surface area contributed by atoms with Crippen molar-refractivity contribution in [3.63, 3.8) is 0 Å². The number of pyridine rings is 1. The van der Waals surface area contributed by atoms with Crippen LogP contribution in [0.25, 0.3) is 0 Å². The van der Waals surface area contributed by atoms with Gasteiger partial charge < -0.3 is 4.74 Å². The van der Waals surface area contributed by atoms with Gasteiger partial charge in [-0.2, -0.15) is 0 Å². The van der Waals surface area contributed by atoms with Crippen molar-refractivity contribution in [2.24, 2.45) is 0 Å². The molecule has 4 heteroatoms. The Balaban J connectivity index is 1.43. The predicted molar refractivity (Wildman–Crippen MR) is 133 cm³/mol. The molecule has 0 radical (unpaired) electrons. The third-order valence-electron chi connectivity index (χ3n) is 6.90. The smallest absolute Gasteiger partial charge is 0.122 e. The van der Waals surface area contributed by atoms with Gasteiger partial charge in [-0.05, 0) is 104 Å². The Bertz CT molecular complexity index is 1060. The highest BCUT2D eigenvalue weighted by atomic mass is 35.5. The molecule has 1 atom stereocenters. The van der Waals surface area contributed by atoms with Crippen molar-refractivity contribution < 1.29 is 4.74 Å². The van der Waals surface area contributed by atoms with Crippen molar-refractivity contribution in [3.8, 4) is 5.75 Å². The molecule has 2 aromatic carbocycles. The summed E-state index contributed by atoms with van der Waals surface area (Å²) in [6.07, 6.45) is 5.35. The van der Waals surface area contributed by atoms with Crippen LogP contribution in [0.15, 0.2) is 48.7 Å². The molecule has 1 fully saturated rings. The van der Waals surface area contributed by atoms with Gasteiger partial charge in [-0.25, -0.2) is 0 Å². The molecule has 1 saturated heterocycles. The van der Waals surface area contributed by atoms with E-state index in [1.54, 1.807) is 7.11 Å². The minimum absolute atomic E-state index is 0.494. The van der Waals surface area contributed by atoms with Crippen LogP contribution in [-0.4, -0.2) is 30.1 Å². The monoisotopic (exact) mass is 448 g/mol. The van der Waals surface area contributed by atoms with Crippen LogP contribution in [0.2, 0.25) is 5.02 Å². The highest BCUT2D eigenvalue weighted by Crippen LogP contribution is 2.31. The summed E-state index contributed by atoms with van der Waals surface area (Å²) in [5.74, 6) is 1.48. The van der Waals surface area contributed by atoms with Crippen LogP contribution in [0.3, 0.4) is 0 Å². The summed E-state index contributed by atoms with van der Waals surface area (Å²) < 4.78 is 5.55. The fourth-order valence-corrected chi connectivity index (χ4v) is 4.96. The number of piperidine rings is 1. The first-order valence-electron chi connectivity index (χ1n) is 11.5. The summed E-state index contributed by atoms with van der Waals surface area (Å²) in [4.78, 5) is 7.46. The SMILES string of the molecule is COc1cc(C)c(CN2CCCC(c3ccc(Cc4ccc(Cl)cc4)cn3)C2)c(C)c1C. The molecule has 1 unspecified atom stereocenters. The van der Waals surface area contributed by atoms with Crippen molar-refractivity contribution in [1.29, 1.82) is 0 Å². The third-order valence-corrected chi connectivity index (χ3v) is 7.15. The van der Waals surface area contributed by atoms with Crippen LogP contribution in [0.1, 0.15) is 57.8 Å². The summed E-state index contributed by atoms with van der Waals surface area (Å²) >= 11 is 6.00. The molecule has 4 rings (SSSR count). The largest absolute Gasteiger partial charge is 0.496 e. The second-order valence-corrected chi connectivity index (χ2v) is 9.53. The van der Waals surface area contributed by atoms with E-state index in [1.165, 1.54) is 51.9 Å². The standard InChI is InChI=1S/C28H33ClN2O/c1-19-14-28(32-4)21(3)20(2)26(19)18-31-13-5-6-24(17-31)27-12-9-23(16-30-27)15-22-7-10-25(29)11-8-22/h7-12,14,16,24H,5-6,13,15,17-18H2,1-4H3. The Kier molecular flexibility index (Phi) is 7.17. The number of likely N-dealkylation sites (tertiary alicyclic amines) is 1. The summed E-state index contributed by atoms with van der Waals surface area (Å²) in [6.45, 7) is 9.79. The number of aromatic nitrogens is 1. The predicted octanol–water partition coefficient (Wildman–Crippen LogP) is 6.64. The lowest BCUT2D eigenvalue weighted by atomic mass is 9.92. The number of hydrogen-bond donors (Lipinski definition) is 0. The minimum Gasteiger partial charge on any atom is -0.496 e. The first-order chi connectivity index (χ1) is 15.4. The van der Waals surface area contributed by atoms with Gasteiger partial charge in [0.25, 0.3) is 0 Å². The summed E-state index contributed by atoms with van der Waals surface area (Å²) in [5, 5.41) is 0.777. The molecular weight excluding hydrogens is 416 g/mol. The Morgan fingerprint density at radius 1 is 1.03 bits per heavy atom. The van der Waals surface area contributed by atoms with Gasteiger partial charge >= 0.3 is 0 Å². The van der Waals surface area contributed by atoms with E-state index >= 15 is 0 Å². The van der Waals surface area contributed by atoms with Crippen molar-refractivity contribution in [1.82, 2.24) is 9.88 Å². The van der Waals surface area contributed by atoms with Crippen LogP contribution in [0, 0.1) is 20.8 Å². The zero-order chi connectivity index (χ0) is 22.7. The molecule has 1 aliphatic heterocycles. The first kappa shape index (κ1) is 22.8. The number of nitrogens with zero attached hydrogens (tertiary/aromatic N) is 2. The van der Waals surface area contributed by atoms with E-state index in [2.05, 4.69) is 56.0 Å². The zero-order valence-corrected chi connectivity index (χ0v) is 20.4. The lowest BCUT2D eigenvalue weighted by Crippen LogP contribution is -2.34. The molecule has 0 bridgehead atoms. The third kappa shape index (κ3) is 5.16. The maximum absolute atomic E-state index is 6.00. The van der Waals surface area contributed by atoms with Gasteiger partial charge in [-0.1, -0.05) is 29.8 Å². The van der Waals surface area contributed by atoms with E-state index in [0.717, 1.165) is 36.8 Å². The van der Waals surface area contributed by atoms with Gasteiger partial charge in [-0.15, -0.1) is 0 Å². The Labute approximate surface area is 197 Å². The maximum Gasteiger partial charge on any atom is 0.122 e. The molecule has 0 aliphatic carbocycles. The average Bonchev–Trinajstić information content (AvgIpc) is 2.81. The molecule has 3 nitrogen and oxygen atoms in total. The number of hydrogen-bond acceptors (Lipinski definition) is 3. The minimum atomic E-state index is 0.494. The molecule has 32 heavy (non-hydrogen) atoms. The summed E-state index contributed by atoms with van der Waals surface area (Å²) in [5.41, 5.74) is 9.08. The van der Waals surface area contributed by atoms with Gasteiger partial charge in [0.1, 0.15) is 5.75 Å². The number of ether oxygens (including phenoxy) is 1. The zero-order valence-electron chi connectivity index (χ0n) is 19.6. The molecule has 0 N–H and O–H groups in total.